The monoisotopic (exact) mass is 438 g/mol. The summed E-state index contributed by atoms with van der Waals surface area (Å²) in [7, 11) is 0. The SMILES string of the molecule is Nc1nc(N2CCN(C(=O)C3Cc4ccccc4CN3C(=O)O)CC2)c2ccsc2n1. The number of anilines is 2. The van der Waals surface area contributed by atoms with Gasteiger partial charge in [0.2, 0.25) is 11.9 Å². The van der Waals surface area contributed by atoms with Gasteiger partial charge in [-0.1, -0.05) is 24.3 Å². The summed E-state index contributed by atoms with van der Waals surface area (Å²) in [5.74, 6) is 0.885. The Bertz CT molecular complexity index is 1160. The van der Waals surface area contributed by atoms with Crippen molar-refractivity contribution in [2.75, 3.05) is 36.8 Å². The molecule has 160 valence electrons. The van der Waals surface area contributed by atoms with Gasteiger partial charge in [0.15, 0.2) is 0 Å². The van der Waals surface area contributed by atoms with Crippen LogP contribution in [0.15, 0.2) is 35.7 Å². The lowest BCUT2D eigenvalue weighted by atomic mass is 9.93. The molecule has 1 fully saturated rings. The molecule has 0 bridgehead atoms. The fourth-order valence-corrected chi connectivity index (χ4v) is 5.16. The molecule has 0 saturated carbocycles. The molecule has 0 spiro atoms. The normalized spacial score (nSPS) is 18.8. The van der Waals surface area contributed by atoms with E-state index in [4.69, 9.17) is 5.73 Å². The summed E-state index contributed by atoms with van der Waals surface area (Å²) >= 11 is 1.52. The molecule has 0 aliphatic carbocycles. The van der Waals surface area contributed by atoms with Gasteiger partial charge in [0.05, 0.1) is 11.9 Å². The predicted molar refractivity (Wildman–Crippen MR) is 118 cm³/mol. The molecule has 1 atom stereocenters. The van der Waals surface area contributed by atoms with E-state index in [1.54, 1.807) is 4.90 Å². The molecule has 2 amide bonds. The number of carbonyl (C=O) groups excluding carboxylic acids is 1. The average molecular weight is 439 g/mol. The Morgan fingerprint density at radius 3 is 2.55 bits per heavy atom. The number of thiophene rings is 1. The van der Waals surface area contributed by atoms with E-state index >= 15 is 0 Å². The highest BCUT2D eigenvalue weighted by molar-refractivity contribution is 7.16. The van der Waals surface area contributed by atoms with Crippen molar-refractivity contribution in [1.82, 2.24) is 19.8 Å². The number of amides is 2. The van der Waals surface area contributed by atoms with Crippen molar-refractivity contribution in [3.05, 3.63) is 46.8 Å². The van der Waals surface area contributed by atoms with Gasteiger partial charge in [-0.05, 0) is 22.6 Å². The van der Waals surface area contributed by atoms with Gasteiger partial charge in [-0.25, -0.2) is 9.78 Å². The summed E-state index contributed by atoms with van der Waals surface area (Å²) in [6.45, 7) is 2.44. The summed E-state index contributed by atoms with van der Waals surface area (Å²) in [5.41, 5.74) is 7.87. The Morgan fingerprint density at radius 1 is 1.06 bits per heavy atom. The van der Waals surface area contributed by atoms with Crippen LogP contribution >= 0.6 is 11.3 Å². The quantitative estimate of drug-likeness (QED) is 0.629. The summed E-state index contributed by atoms with van der Waals surface area (Å²) in [6.07, 6.45) is -0.665. The van der Waals surface area contributed by atoms with Crippen molar-refractivity contribution in [2.24, 2.45) is 0 Å². The molecule has 4 heterocycles. The number of nitrogens with two attached hydrogens (primary N) is 1. The molecule has 2 aliphatic heterocycles. The van der Waals surface area contributed by atoms with Crippen LogP contribution in [0.3, 0.4) is 0 Å². The van der Waals surface area contributed by atoms with Crippen LogP contribution < -0.4 is 10.6 Å². The van der Waals surface area contributed by atoms with Crippen LogP contribution in [0.4, 0.5) is 16.6 Å². The number of fused-ring (bicyclic) bond motifs is 2. The number of rotatable bonds is 2. The molecule has 1 aromatic carbocycles. The number of piperazine rings is 1. The molecule has 1 saturated heterocycles. The lowest BCUT2D eigenvalue weighted by Gasteiger charge is -2.40. The van der Waals surface area contributed by atoms with Crippen LogP contribution in [0.25, 0.3) is 10.2 Å². The first-order chi connectivity index (χ1) is 15.0. The summed E-state index contributed by atoms with van der Waals surface area (Å²) in [6, 6.07) is 8.99. The van der Waals surface area contributed by atoms with E-state index in [0.29, 0.717) is 32.6 Å². The van der Waals surface area contributed by atoms with E-state index in [9.17, 15) is 14.7 Å². The average Bonchev–Trinajstić information content (AvgIpc) is 3.25. The third kappa shape index (κ3) is 3.52. The van der Waals surface area contributed by atoms with Gasteiger partial charge >= 0.3 is 6.09 Å². The third-order valence-corrected chi connectivity index (χ3v) is 6.80. The fraction of sp³-hybridized carbons (Fsp3) is 0.333. The number of carboxylic acid groups (broad SMARTS) is 1. The highest BCUT2D eigenvalue weighted by Gasteiger charge is 2.38. The largest absolute Gasteiger partial charge is 0.465 e. The van der Waals surface area contributed by atoms with E-state index in [1.807, 2.05) is 35.7 Å². The summed E-state index contributed by atoms with van der Waals surface area (Å²) < 4.78 is 0. The van der Waals surface area contributed by atoms with Crippen molar-refractivity contribution in [1.29, 1.82) is 0 Å². The molecule has 3 N–H and O–H groups in total. The number of nitrogens with zero attached hydrogens (tertiary/aromatic N) is 5. The molecular weight excluding hydrogens is 416 g/mol. The Hall–Kier alpha value is -3.40. The second-order valence-corrected chi connectivity index (χ2v) is 8.65. The topological polar surface area (TPSA) is 116 Å². The second-order valence-electron chi connectivity index (χ2n) is 7.76. The predicted octanol–water partition coefficient (Wildman–Crippen LogP) is 2.03. The summed E-state index contributed by atoms with van der Waals surface area (Å²) in [4.78, 5) is 39.8. The standard InChI is InChI=1S/C21H22N6O3S/c22-20-23-17(15-5-10-31-18(15)24-20)25-6-8-26(9-7-25)19(28)16-11-13-3-1-2-4-14(13)12-27(16)21(29)30/h1-5,10,16H,6-9,11-12H2,(H,29,30)(H2,22,23,24). The second kappa shape index (κ2) is 7.69. The zero-order valence-corrected chi connectivity index (χ0v) is 17.6. The van der Waals surface area contributed by atoms with Crippen LogP contribution in [0.2, 0.25) is 0 Å². The van der Waals surface area contributed by atoms with Crippen LogP contribution in [0.1, 0.15) is 11.1 Å². The number of hydrogen-bond acceptors (Lipinski definition) is 7. The number of nitrogen functional groups attached to an aromatic ring is 1. The number of benzene rings is 1. The maximum Gasteiger partial charge on any atom is 0.408 e. The minimum absolute atomic E-state index is 0.139. The van der Waals surface area contributed by atoms with E-state index in [1.165, 1.54) is 16.2 Å². The van der Waals surface area contributed by atoms with E-state index in [0.717, 1.165) is 27.2 Å². The minimum Gasteiger partial charge on any atom is -0.465 e. The van der Waals surface area contributed by atoms with E-state index < -0.39 is 12.1 Å². The lowest BCUT2D eigenvalue weighted by molar-refractivity contribution is -0.137. The first kappa shape index (κ1) is 19.6. The lowest BCUT2D eigenvalue weighted by Crippen LogP contribution is -2.57. The van der Waals surface area contributed by atoms with Crippen LogP contribution in [0, 0.1) is 0 Å². The van der Waals surface area contributed by atoms with Crippen molar-refractivity contribution < 1.29 is 14.7 Å². The molecule has 31 heavy (non-hydrogen) atoms. The molecule has 3 aromatic rings. The highest BCUT2D eigenvalue weighted by Crippen LogP contribution is 2.30. The molecular formula is C21H22N6O3S. The van der Waals surface area contributed by atoms with Crippen molar-refractivity contribution in [3.8, 4) is 0 Å². The smallest absolute Gasteiger partial charge is 0.408 e. The van der Waals surface area contributed by atoms with Crippen LogP contribution in [-0.2, 0) is 17.8 Å². The number of hydrogen-bond donors (Lipinski definition) is 2. The van der Waals surface area contributed by atoms with Crippen molar-refractivity contribution in [2.45, 2.75) is 19.0 Å². The zero-order chi connectivity index (χ0) is 21.5. The Labute approximate surface area is 182 Å². The first-order valence-corrected chi connectivity index (χ1v) is 11.0. The first-order valence-electron chi connectivity index (χ1n) is 10.1. The highest BCUT2D eigenvalue weighted by atomic mass is 32.1. The maximum atomic E-state index is 13.3. The zero-order valence-electron chi connectivity index (χ0n) is 16.8. The third-order valence-electron chi connectivity index (χ3n) is 5.99. The van der Waals surface area contributed by atoms with Gasteiger partial charge in [-0.2, -0.15) is 4.98 Å². The van der Waals surface area contributed by atoms with Crippen LogP contribution in [0.5, 0.6) is 0 Å². The molecule has 1 unspecified atom stereocenters. The van der Waals surface area contributed by atoms with E-state index in [2.05, 4.69) is 14.9 Å². The van der Waals surface area contributed by atoms with E-state index in [-0.39, 0.29) is 18.4 Å². The molecule has 2 aromatic heterocycles. The van der Waals surface area contributed by atoms with Crippen molar-refractivity contribution >= 4 is 45.3 Å². The van der Waals surface area contributed by atoms with Gasteiger partial charge < -0.3 is 20.6 Å². The molecule has 10 heteroatoms. The molecule has 5 rings (SSSR count). The fourth-order valence-electron chi connectivity index (χ4n) is 4.39. The van der Waals surface area contributed by atoms with Gasteiger partial charge in [0.25, 0.3) is 0 Å². The van der Waals surface area contributed by atoms with Gasteiger partial charge in [0, 0.05) is 32.6 Å². The maximum absolute atomic E-state index is 13.3. The Balaban J connectivity index is 1.32. The molecule has 0 radical (unpaired) electrons. The summed E-state index contributed by atoms with van der Waals surface area (Å²) in [5, 5.41) is 12.6. The van der Waals surface area contributed by atoms with Crippen LogP contribution in [-0.4, -0.2) is 69.1 Å². The Morgan fingerprint density at radius 2 is 1.81 bits per heavy atom. The van der Waals surface area contributed by atoms with Gasteiger partial charge in [-0.3, -0.25) is 9.69 Å². The van der Waals surface area contributed by atoms with Gasteiger partial charge in [0.1, 0.15) is 16.7 Å². The van der Waals surface area contributed by atoms with Crippen molar-refractivity contribution in [3.63, 3.8) is 0 Å². The van der Waals surface area contributed by atoms with Gasteiger partial charge in [-0.15, -0.1) is 11.3 Å². The number of aromatic nitrogens is 2. The molecule has 2 aliphatic rings. The minimum atomic E-state index is -1.07. The number of carbonyl (C=O) groups is 2. The Kier molecular flexibility index (Phi) is 4.85. The molecule has 9 nitrogen and oxygen atoms in total.